The molecular formula is C22H27Cl2N3O4S. The predicted octanol–water partition coefficient (Wildman–Crippen LogP) is 3.62. The Morgan fingerprint density at radius 2 is 1.69 bits per heavy atom. The van der Waals surface area contributed by atoms with Crippen LogP contribution in [0.15, 0.2) is 42.5 Å². The number of halogens is 2. The SMILES string of the molecule is CCNC(=O)[C@H](C)N(Cc1c(Cl)cccc1Cl)C(=O)CN(c1cccc(C)c1)S(C)(=O)=O. The maximum absolute atomic E-state index is 13.4. The molecular weight excluding hydrogens is 473 g/mol. The van der Waals surface area contributed by atoms with Crippen LogP contribution in [0.1, 0.15) is 25.0 Å². The van der Waals surface area contributed by atoms with Crippen molar-refractivity contribution in [3.63, 3.8) is 0 Å². The van der Waals surface area contributed by atoms with Crippen LogP contribution in [0, 0.1) is 6.92 Å². The van der Waals surface area contributed by atoms with Gasteiger partial charge in [-0.15, -0.1) is 0 Å². The normalized spacial score (nSPS) is 12.2. The maximum Gasteiger partial charge on any atom is 0.244 e. The van der Waals surface area contributed by atoms with Crippen molar-refractivity contribution in [2.75, 3.05) is 23.7 Å². The highest BCUT2D eigenvalue weighted by Gasteiger charge is 2.30. The second kappa shape index (κ2) is 11.0. The third-order valence-electron chi connectivity index (χ3n) is 4.88. The fraction of sp³-hybridized carbons (Fsp3) is 0.364. The molecule has 0 spiro atoms. The fourth-order valence-corrected chi connectivity index (χ4v) is 4.51. The van der Waals surface area contributed by atoms with Crippen molar-refractivity contribution in [1.29, 1.82) is 0 Å². The van der Waals surface area contributed by atoms with E-state index in [2.05, 4.69) is 5.32 Å². The molecule has 2 amide bonds. The Kier molecular flexibility index (Phi) is 8.95. The molecule has 10 heteroatoms. The molecule has 0 heterocycles. The lowest BCUT2D eigenvalue weighted by atomic mass is 10.1. The summed E-state index contributed by atoms with van der Waals surface area (Å²) in [6.07, 6.45) is 1.03. The van der Waals surface area contributed by atoms with Crippen LogP contribution in [0.4, 0.5) is 5.69 Å². The lowest BCUT2D eigenvalue weighted by molar-refractivity contribution is -0.139. The first-order valence-corrected chi connectivity index (χ1v) is 12.6. The zero-order chi connectivity index (χ0) is 24.1. The van der Waals surface area contributed by atoms with Crippen molar-refractivity contribution in [1.82, 2.24) is 10.2 Å². The molecule has 7 nitrogen and oxygen atoms in total. The lowest BCUT2D eigenvalue weighted by Gasteiger charge is -2.32. The molecule has 0 aliphatic carbocycles. The van der Waals surface area contributed by atoms with Crippen LogP contribution in [0.2, 0.25) is 10.0 Å². The van der Waals surface area contributed by atoms with E-state index in [-0.39, 0.29) is 12.5 Å². The fourth-order valence-electron chi connectivity index (χ4n) is 3.16. The van der Waals surface area contributed by atoms with E-state index in [9.17, 15) is 18.0 Å². The predicted molar refractivity (Wildman–Crippen MR) is 129 cm³/mol. The van der Waals surface area contributed by atoms with Gasteiger partial charge >= 0.3 is 0 Å². The van der Waals surface area contributed by atoms with Crippen molar-refractivity contribution in [2.24, 2.45) is 0 Å². The number of benzene rings is 2. The van der Waals surface area contributed by atoms with Crippen LogP contribution in [0.3, 0.4) is 0 Å². The zero-order valence-corrected chi connectivity index (χ0v) is 20.8. The van der Waals surface area contributed by atoms with Crippen molar-refractivity contribution in [3.05, 3.63) is 63.6 Å². The first-order chi connectivity index (χ1) is 15.0. The quantitative estimate of drug-likeness (QED) is 0.570. The van der Waals surface area contributed by atoms with Crippen LogP contribution in [-0.4, -0.2) is 50.5 Å². The van der Waals surface area contributed by atoms with Gasteiger partial charge < -0.3 is 10.2 Å². The molecule has 0 radical (unpaired) electrons. The topological polar surface area (TPSA) is 86.8 Å². The van der Waals surface area contributed by atoms with E-state index in [0.717, 1.165) is 16.1 Å². The molecule has 0 unspecified atom stereocenters. The van der Waals surface area contributed by atoms with E-state index >= 15 is 0 Å². The van der Waals surface area contributed by atoms with E-state index in [1.807, 2.05) is 13.0 Å². The summed E-state index contributed by atoms with van der Waals surface area (Å²) in [6, 6.07) is 10.9. The first-order valence-electron chi connectivity index (χ1n) is 10.00. The molecule has 0 bridgehead atoms. The first kappa shape index (κ1) is 26.0. The highest BCUT2D eigenvalue weighted by atomic mass is 35.5. The number of anilines is 1. The van der Waals surface area contributed by atoms with Gasteiger partial charge in [-0.3, -0.25) is 13.9 Å². The summed E-state index contributed by atoms with van der Waals surface area (Å²) >= 11 is 12.6. The van der Waals surface area contributed by atoms with Crippen LogP contribution in [-0.2, 0) is 26.2 Å². The molecule has 174 valence electrons. The van der Waals surface area contributed by atoms with E-state index in [1.165, 1.54) is 4.90 Å². The van der Waals surface area contributed by atoms with E-state index in [1.54, 1.807) is 50.2 Å². The monoisotopic (exact) mass is 499 g/mol. The molecule has 0 aliphatic heterocycles. The summed E-state index contributed by atoms with van der Waals surface area (Å²) in [4.78, 5) is 27.2. The second-order valence-corrected chi connectivity index (χ2v) is 10.1. The smallest absolute Gasteiger partial charge is 0.244 e. The Balaban J connectivity index is 2.44. The van der Waals surface area contributed by atoms with Crippen molar-refractivity contribution < 1.29 is 18.0 Å². The van der Waals surface area contributed by atoms with Gasteiger partial charge in [-0.05, 0) is 50.6 Å². The standard InChI is InChI=1S/C22H27Cl2N3O4S/c1-5-25-22(29)16(3)26(13-18-19(23)10-7-11-20(18)24)21(28)14-27(32(4,30)31)17-9-6-8-15(2)12-17/h6-12,16H,5,13-14H2,1-4H3,(H,25,29)/t16-/m0/s1. The third kappa shape index (κ3) is 6.60. The van der Waals surface area contributed by atoms with Crippen LogP contribution in [0.25, 0.3) is 0 Å². The Labute approximate surface area is 199 Å². The summed E-state index contributed by atoms with van der Waals surface area (Å²) in [7, 11) is -3.78. The number of aryl methyl sites for hydroxylation is 1. The van der Waals surface area contributed by atoms with Gasteiger partial charge in [0.05, 0.1) is 11.9 Å². The highest BCUT2D eigenvalue weighted by Crippen LogP contribution is 2.27. The maximum atomic E-state index is 13.4. The van der Waals surface area contributed by atoms with Crippen molar-refractivity contribution in [2.45, 2.75) is 33.4 Å². The number of carbonyl (C=O) groups is 2. The summed E-state index contributed by atoms with van der Waals surface area (Å²) in [6.45, 7) is 5.02. The number of carbonyl (C=O) groups excluding carboxylic acids is 2. The number of rotatable bonds is 9. The summed E-state index contributed by atoms with van der Waals surface area (Å²) in [5.74, 6) is -0.933. The molecule has 1 atom stereocenters. The van der Waals surface area contributed by atoms with Crippen molar-refractivity contribution in [3.8, 4) is 0 Å². The Morgan fingerprint density at radius 3 is 2.22 bits per heavy atom. The number of hydrogen-bond donors (Lipinski definition) is 1. The summed E-state index contributed by atoms with van der Waals surface area (Å²) in [5, 5.41) is 3.38. The van der Waals surface area contributed by atoms with Crippen LogP contribution < -0.4 is 9.62 Å². The third-order valence-corrected chi connectivity index (χ3v) is 6.73. The number of likely N-dealkylation sites (N-methyl/N-ethyl adjacent to an activating group) is 1. The van der Waals surface area contributed by atoms with Gasteiger partial charge in [0.15, 0.2) is 0 Å². The van der Waals surface area contributed by atoms with Gasteiger partial charge in [-0.1, -0.05) is 41.4 Å². The minimum atomic E-state index is -3.78. The Hall–Kier alpha value is -2.29. The summed E-state index contributed by atoms with van der Waals surface area (Å²) < 4.78 is 26.0. The van der Waals surface area contributed by atoms with Gasteiger partial charge in [-0.25, -0.2) is 8.42 Å². The Morgan fingerprint density at radius 1 is 1.09 bits per heavy atom. The highest BCUT2D eigenvalue weighted by molar-refractivity contribution is 7.92. The molecule has 2 aromatic carbocycles. The molecule has 0 saturated heterocycles. The molecule has 0 aliphatic rings. The summed E-state index contributed by atoms with van der Waals surface area (Å²) in [5.41, 5.74) is 1.68. The minimum absolute atomic E-state index is 0.0545. The number of hydrogen-bond acceptors (Lipinski definition) is 4. The molecule has 2 rings (SSSR count). The molecule has 0 fully saturated rings. The zero-order valence-electron chi connectivity index (χ0n) is 18.4. The Bertz CT molecular complexity index is 1070. The largest absolute Gasteiger partial charge is 0.355 e. The lowest BCUT2D eigenvalue weighted by Crippen LogP contribution is -2.51. The van der Waals surface area contributed by atoms with Gasteiger partial charge in [0.25, 0.3) is 0 Å². The molecule has 2 aromatic rings. The number of amides is 2. The van der Waals surface area contributed by atoms with Gasteiger partial charge in [-0.2, -0.15) is 0 Å². The second-order valence-electron chi connectivity index (χ2n) is 7.40. The van der Waals surface area contributed by atoms with Gasteiger partial charge in [0.1, 0.15) is 12.6 Å². The number of nitrogens with zero attached hydrogens (tertiary/aromatic N) is 2. The van der Waals surface area contributed by atoms with E-state index in [4.69, 9.17) is 23.2 Å². The van der Waals surface area contributed by atoms with Crippen LogP contribution >= 0.6 is 23.2 Å². The van der Waals surface area contributed by atoms with Gasteiger partial charge in [0, 0.05) is 28.7 Å². The molecule has 1 N–H and O–H groups in total. The minimum Gasteiger partial charge on any atom is -0.355 e. The molecule has 0 saturated carbocycles. The van der Waals surface area contributed by atoms with Crippen molar-refractivity contribution >= 4 is 50.7 Å². The van der Waals surface area contributed by atoms with Gasteiger partial charge in [0.2, 0.25) is 21.8 Å². The average Bonchev–Trinajstić information content (AvgIpc) is 2.70. The van der Waals surface area contributed by atoms with E-state index < -0.39 is 28.5 Å². The molecule has 0 aromatic heterocycles. The number of sulfonamides is 1. The number of nitrogens with one attached hydrogen (secondary N) is 1. The van der Waals surface area contributed by atoms with Crippen LogP contribution in [0.5, 0.6) is 0 Å². The van der Waals surface area contributed by atoms with E-state index in [0.29, 0.717) is 27.8 Å². The average molecular weight is 500 g/mol. The molecule has 32 heavy (non-hydrogen) atoms.